The van der Waals surface area contributed by atoms with E-state index in [2.05, 4.69) is 22.0 Å². The Hall–Kier alpha value is -1.78. The number of rotatable bonds is 3. The molecule has 5 nitrogen and oxygen atoms in total. The monoisotopic (exact) mass is 262 g/mol. The molecule has 1 aliphatic heterocycles. The van der Waals surface area contributed by atoms with Crippen molar-refractivity contribution in [3.05, 3.63) is 23.4 Å². The second-order valence-corrected chi connectivity index (χ2v) is 5.18. The Bertz CT molecular complexity index is 465. The van der Waals surface area contributed by atoms with Crippen molar-refractivity contribution in [2.75, 3.05) is 18.0 Å². The standard InChI is InChI=1S/C14H22N4O/c1-3-11-4-6-18(7-5-11)13-9-12(14(15)17-19)8-10(2)16-13/h8-9,11,19H,3-7H2,1-2H3,(H2,15,17). The summed E-state index contributed by atoms with van der Waals surface area (Å²) < 4.78 is 0. The second kappa shape index (κ2) is 5.91. The van der Waals surface area contributed by atoms with Crippen molar-refractivity contribution in [1.29, 1.82) is 0 Å². The van der Waals surface area contributed by atoms with Gasteiger partial charge in [0.25, 0.3) is 0 Å². The topological polar surface area (TPSA) is 74.7 Å². The van der Waals surface area contributed by atoms with E-state index in [4.69, 9.17) is 10.9 Å². The van der Waals surface area contributed by atoms with Gasteiger partial charge >= 0.3 is 0 Å². The van der Waals surface area contributed by atoms with Crippen molar-refractivity contribution < 1.29 is 5.21 Å². The van der Waals surface area contributed by atoms with Gasteiger partial charge in [0.05, 0.1) is 0 Å². The molecule has 0 aliphatic carbocycles. The molecule has 19 heavy (non-hydrogen) atoms. The molecule has 0 spiro atoms. The summed E-state index contributed by atoms with van der Waals surface area (Å²) in [5.74, 6) is 1.90. The van der Waals surface area contributed by atoms with Crippen LogP contribution in [0.25, 0.3) is 0 Å². The van der Waals surface area contributed by atoms with Gasteiger partial charge in [0.2, 0.25) is 0 Å². The molecular weight excluding hydrogens is 240 g/mol. The Kier molecular flexibility index (Phi) is 4.24. The first kappa shape index (κ1) is 13.6. The van der Waals surface area contributed by atoms with Gasteiger partial charge in [0, 0.05) is 24.3 Å². The number of hydrogen-bond donors (Lipinski definition) is 2. The van der Waals surface area contributed by atoms with E-state index in [0.717, 1.165) is 36.1 Å². The lowest BCUT2D eigenvalue weighted by atomic mass is 9.94. The first-order chi connectivity index (χ1) is 9.13. The minimum Gasteiger partial charge on any atom is -0.409 e. The van der Waals surface area contributed by atoms with E-state index >= 15 is 0 Å². The second-order valence-electron chi connectivity index (χ2n) is 5.18. The molecular formula is C14H22N4O. The Morgan fingerprint density at radius 2 is 2.16 bits per heavy atom. The van der Waals surface area contributed by atoms with Crippen LogP contribution in [0.4, 0.5) is 5.82 Å². The Labute approximate surface area is 114 Å². The quantitative estimate of drug-likeness (QED) is 0.378. The third-order valence-corrected chi connectivity index (χ3v) is 3.86. The summed E-state index contributed by atoms with van der Waals surface area (Å²) in [5, 5.41) is 11.8. The molecule has 0 radical (unpaired) electrons. The van der Waals surface area contributed by atoms with E-state index in [1.54, 1.807) is 0 Å². The maximum absolute atomic E-state index is 8.78. The average molecular weight is 262 g/mol. The molecule has 0 atom stereocenters. The highest BCUT2D eigenvalue weighted by Crippen LogP contribution is 2.24. The third kappa shape index (κ3) is 3.16. The SMILES string of the molecule is CCC1CCN(c2cc(/C(N)=N/O)cc(C)n2)CC1. The molecule has 1 saturated heterocycles. The highest BCUT2D eigenvalue weighted by atomic mass is 16.4. The third-order valence-electron chi connectivity index (χ3n) is 3.86. The van der Waals surface area contributed by atoms with Gasteiger partial charge in [-0.15, -0.1) is 0 Å². The lowest BCUT2D eigenvalue weighted by Crippen LogP contribution is -2.34. The first-order valence-corrected chi connectivity index (χ1v) is 6.85. The average Bonchev–Trinajstić information content (AvgIpc) is 2.45. The maximum Gasteiger partial charge on any atom is 0.170 e. The predicted molar refractivity (Wildman–Crippen MR) is 76.7 cm³/mol. The molecule has 1 aromatic rings. The fraction of sp³-hybridized carbons (Fsp3) is 0.571. The molecule has 0 bridgehead atoms. The van der Waals surface area contributed by atoms with Crippen LogP contribution in [-0.2, 0) is 0 Å². The molecule has 104 valence electrons. The number of pyridine rings is 1. The summed E-state index contributed by atoms with van der Waals surface area (Å²) in [7, 11) is 0. The molecule has 0 aromatic carbocycles. The molecule has 0 saturated carbocycles. The summed E-state index contributed by atoms with van der Waals surface area (Å²) in [4.78, 5) is 6.84. The lowest BCUT2D eigenvalue weighted by Gasteiger charge is -2.32. The van der Waals surface area contributed by atoms with Gasteiger partial charge in [-0.1, -0.05) is 18.5 Å². The Balaban J connectivity index is 2.19. The summed E-state index contributed by atoms with van der Waals surface area (Å²) in [6.07, 6.45) is 3.68. The van der Waals surface area contributed by atoms with Crippen molar-refractivity contribution in [1.82, 2.24) is 4.98 Å². The number of aromatic nitrogens is 1. The van der Waals surface area contributed by atoms with Crippen LogP contribution in [0.1, 0.15) is 37.4 Å². The number of aryl methyl sites for hydroxylation is 1. The first-order valence-electron chi connectivity index (χ1n) is 6.85. The van der Waals surface area contributed by atoms with Crippen LogP contribution in [-0.4, -0.2) is 29.1 Å². The van der Waals surface area contributed by atoms with E-state index in [-0.39, 0.29) is 5.84 Å². The highest BCUT2D eigenvalue weighted by Gasteiger charge is 2.19. The molecule has 5 heteroatoms. The molecule has 0 unspecified atom stereocenters. The molecule has 1 aromatic heterocycles. The van der Waals surface area contributed by atoms with Crippen molar-refractivity contribution >= 4 is 11.7 Å². The number of piperidine rings is 1. The molecule has 1 aliphatic rings. The Morgan fingerprint density at radius 3 is 2.74 bits per heavy atom. The zero-order valence-electron chi connectivity index (χ0n) is 11.6. The summed E-state index contributed by atoms with van der Waals surface area (Å²) in [5.41, 5.74) is 7.27. The number of nitrogens with two attached hydrogens (primary N) is 1. The smallest absolute Gasteiger partial charge is 0.170 e. The van der Waals surface area contributed by atoms with Crippen LogP contribution in [0.15, 0.2) is 17.3 Å². The van der Waals surface area contributed by atoms with Crippen molar-refractivity contribution in [2.24, 2.45) is 16.8 Å². The van der Waals surface area contributed by atoms with Gasteiger partial charge < -0.3 is 15.8 Å². The number of hydrogen-bond acceptors (Lipinski definition) is 4. The number of nitrogens with zero attached hydrogens (tertiary/aromatic N) is 3. The molecule has 2 rings (SSSR count). The van der Waals surface area contributed by atoms with E-state index in [1.165, 1.54) is 19.3 Å². The van der Waals surface area contributed by atoms with Gasteiger partial charge in [0.15, 0.2) is 5.84 Å². The molecule has 2 heterocycles. The van der Waals surface area contributed by atoms with Crippen LogP contribution in [0.3, 0.4) is 0 Å². The van der Waals surface area contributed by atoms with Crippen molar-refractivity contribution in [3.8, 4) is 0 Å². The van der Waals surface area contributed by atoms with Gasteiger partial charge in [-0.05, 0) is 37.8 Å². The zero-order valence-corrected chi connectivity index (χ0v) is 11.6. The minimum atomic E-state index is 0.134. The van der Waals surface area contributed by atoms with Crippen LogP contribution in [0.2, 0.25) is 0 Å². The van der Waals surface area contributed by atoms with E-state index in [0.29, 0.717) is 0 Å². The normalized spacial score (nSPS) is 17.8. The van der Waals surface area contributed by atoms with Crippen LogP contribution in [0.5, 0.6) is 0 Å². The van der Waals surface area contributed by atoms with Crippen LogP contribution in [0, 0.1) is 12.8 Å². The number of oxime groups is 1. The number of amidine groups is 1. The van der Waals surface area contributed by atoms with Crippen LogP contribution < -0.4 is 10.6 Å². The van der Waals surface area contributed by atoms with Gasteiger partial charge in [-0.2, -0.15) is 0 Å². The van der Waals surface area contributed by atoms with E-state index < -0.39 is 0 Å². The zero-order chi connectivity index (χ0) is 13.8. The van der Waals surface area contributed by atoms with Crippen LogP contribution >= 0.6 is 0 Å². The minimum absolute atomic E-state index is 0.134. The van der Waals surface area contributed by atoms with Crippen molar-refractivity contribution in [3.63, 3.8) is 0 Å². The largest absolute Gasteiger partial charge is 0.409 e. The van der Waals surface area contributed by atoms with E-state index in [1.807, 2.05) is 19.1 Å². The summed E-state index contributed by atoms with van der Waals surface area (Å²) in [6.45, 7) is 6.24. The molecule has 1 fully saturated rings. The van der Waals surface area contributed by atoms with Gasteiger partial charge in [-0.25, -0.2) is 4.98 Å². The molecule has 3 N–H and O–H groups in total. The lowest BCUT2D eigenvalue weighted by molar-refractivity contribution is 0.318. The van der Waals surface area contributed by atoms with Gasteiger partial charge in [-0.3, -0.25) is 0 Å². The van der Waals surface area contributed by atoms with Gasteiger partial charge in [0.1, 0.15) is 5.82 Å². The fourth-order valence-electron chi connectivity index (χ4n) is 2.59. The van der Waals surface area contributed by atoms with Crippen molar-refractivity contribution in [2.45, 2.75) is 33.1 Å². The van der Waals surface area contributed by atoms with E-state index in [9.17, 15) is 0 Å². The Morgan fingerprint density at radius 1 is 1.47 bits per heavy atom. The highest BCUT2D eigenvalue weighted by molar-refractivity contribution is 5.97. The summed E-state index contributed by atoms with van der Waals surface area (Å²) in [6, 6.07) is 3.73. The summed E-state index contributed by atoms with van der Waals surface area (Å²) >= 11 is 0. The number of anilines is 1. The predicted octanol–water partition coefficient (Wildman–Crippen LogP) is 2.11. The maximum atomic E-state index is 8.78. The molecule has 0 amide bonds. The fourth-order valence-corrected chi connectivity index (χ4v) is 2.59.